The van der Waals surface area contributed by atoms with Crippen molar-refractivity contribution in [2.45, 2.75) is 20.0 Å². The van der Waals surface area contributed by atoms with Crippen LogP contribution in [0.3, 0.4) is 0 Å². The minimum Gasteiger partial charge on any atom is -0.494 e. The zero-order valence-electron chi connectivity index (χ0n) is 16.5. The number of halogens is 2. The molecule has 154 valence electrons. The fourth-order valence-electron chi connectivity index (χ4n) is 2.60. The highest BCUT2D eigenvalue weighted by molar-refractivity contribution is 14.0. The number of benzene rings is 2. The number of nitrogens with one attached hydrogen (secondary N) is 2. The lowest BCUT2D eigenvalue weighted by Crippen LogP contribution is -2.36. The molecule has 0 spiro atoms. The van der Waals surface area contributed by atoms with Gasteiger partial charge < -0.3 is 24.8 Å². The number of hydrogen-bond acceptors (Lipinski definition) is 4. The average molecular weight is 564 g/mol. The molecule has 2 rings (SSSR count). The van der Waals surface area contributed by atoms with Crippen LogP contribution in [0.15, 0.2) is 45.9 Å². The second-order valence-electron chi connectivity index (χ2n) is 5.63. The molecule has 0 radical (unpaired) electrons. The highest BCUT2D eigenvalue weighted by Gasteiger charge is 2.11. The van der Waals surface area contributed by atoms with Gasteiger partial charge in [-0.05, 0) is 46.6 Å². The average Bonchev–Trinajstić information content (AvgIpc) is 2.69. The quantitative estimate of drug-likeness (QED) is 0.284. The minimum absolute atomic E-state index is 0. The highest BCUT2D eigenvalue weighted by Crippen LogP contribution is 2.36. The van der Waals surface area contributed by atoms with Crippen molar-refractivity contribution < 1.29 is 14.2 Å². The van der Waals surface area contributed by atoms with Gasteiger partial charge in [0.15, 0.2) is 17.5 Å². The van der Waals surface area contributed by atoms with E-state index < -0.39 is 0 Å². The van der Waals surface area contributed by atoms with E-state index in [4.69, 9.17) is 14.2 Å². The zero-order valence-corrected chi connectivity index (χ0v) is 20.5. The van der Waals surface area contributed by atoms with E-state index in [-0.39, 0.29) is 24.0 Å². The Bertz CT molecular complexity index is 787. The first kappa shape index (κ1) is 24.4. The Morgan fingerprint density at radius 1 is 1.04 bits per heavy atom. The lowest BCUT2D eigenvalue weighted by atomic mass is 10.2. The van der Waals surface area contributed by atoms with Crippen LogP contribution in [0.4, 0.5) is 0 Å². The molecule has 0 fully saturated rings. The summed E-state index contributed by atoms with van der Waals surface area (Å²) in [5.41, 5.74) is 2.12. The van der Waals surface area contributed by atoms with Gasteiger partial charge in [-0.25, -0.2) is 0 Å². The van der Waals surface area contributed by atoms with Gasteiger partial charge in [-0.2, -0.15) is 0 Å². The van der Waals surface area contributed by atoms with Gasteiger partial charge in [0.2, 0.25) is 0 Å². The molecule has 0 saturated heterocycles. The molecule has 8 heteroatoms. The molecule has 0 heterocycles. The summed E-state index contributed by atoms with van der Waals surface area (Å²) in [6.07, 6.45) is 0. The molecule has 2 aromatic carbocycles. The van der Waals surface area contributed by atoms with Crippen molar-refractivity contribution in [1.82, 2.24) is 10.6 Å². The van der Waals surface area contributed by atoms with Crippen LogP contribution in [0.25, 0.3) is 0 Å². The van der Waals surface area contributed by atoms with Crippen LogP contribution in [0.2, 0.25) is 0 Å². The van der Waals surface area contributed by atoms with Crippen LogP contribution in [-0.4, -0.2) is 33.8 Å². The zero-order chi connectivity index (χ0) is 19.6. The number of aliphatic imine (C=N–C) groups is 1. The first-order valence-electron chi connectivity index (χ1n) is 8.68. The van der Waals surface area contributed by atoms with Crippen LogP contribution < -0.4 is 24.8 Å². The summed E-state index contributed by atoms with van der Waals surface area (Å²) in [6, 6.07) is 11.9. The fourth-order valence-corrected chi connectivity index (χ4v) is 3.26. The van der Waals surface area contributed by atoms with Crippen LogP contribution in [-0.2, 0) is 13.1 Å². The van der Waals surface area contributed by atoms with E-state index in [2.05, 4.69) is 31.6 Å². The Morgan fingerprint density at radius 3 is 2.39 bits per heavy atom. The van der Waals surface area contributed by atoms with Crippen LogP contribution >= 0.6 is 39.9 Å². The first-order valence-corrected chi connectivity index (χ1v) is 9.47. The maximum absolute atomic E-state index is 5.66. The Balaban J connectivity index is 0.00000392. The summed E-state index contributed by atoms with van der Waals surface area (Å²) in [5, 5.41) is 6.62. The van der Waals surface area contributed by atoms with Crippen molar-refractivity contribution in [3.05, 3.63) is 52.0 Å². The Labute approximate surface area is 192 Å². The topological polar surface area (TPSA) is 64.1 Å². The molecule has 0 amide bonds. The molecule has 0 atom stereocenters. The minimum atomic E-state index is 0. The van der Waals surface area contributed by atoms with E-state index in [0.29, 0.717) is 37.2 Å². The van der Waals surface area contributed by atoms with E-state index in [1.807, 2.05) is 43.3 Å². The third kappa shape index (κ3) is 6.73. The Morgan fingerprint density at radius 2 is 1.75 bits per heavy atom. The van der Waals surface area contributed by atoms with Crippen molar-refractivity contribution in [2.24, 2.45) is 4.99 Å². The second-order valence-corrected chi connectivity index (χ2v) is 6.49. The van der Waals surface area contributed by atoms with Gasteiger partial charge in [0, 0.05) is 25.7 Å². The van der Waals surface area contributed by atoms with Gasteiger partial charge in [0.05, 0.1) is 25.3 Å². The van der Waals surface area contributed by atoms with Gasteiger partial charge >= 0.3 is 0 Å². The molecule has 2 N–H and O–H groups in total. The van der Waals surface area contributed by atoms with Crippen molar-refractivity contribution >= 4 is 45.9 Å². The predicted molar refractivity (Wildman–Crippen MR) is 127 cm³/mol. The highest BCUT2D eigenvalue weighted by atomic mass is 127. The molecule has 0 unspecified atom stereocenters. The number of guanidine groups is 1. The molecule has 0 aliphatic carbocycles. The molecule has 0 aliphatic heterocycles. The fraction of sp³-hybridized carbons (Fsp3) is 0.350. The summed E-state index contributed by atoms with van der Waals surface area (Å²) >= 11 is 3.51. The summed E-state index contributed by atoms with van der Waals surface area (Å²) in [5.74, 6) is 2.94. The van der Waals surface area contributed by atoms with Gasteiger partial charge in [0.1, 0.15) is 5.75 Å². The molecule has 6 nitrogen and oxygen atoms in total. The summed E-state index contributed by atoms with van der Waals surface area (Å²) < 4.78 is 17.2. The van der Waals surface area contributed by atoms with Crippen LogP contribution in [0.1, 0.15) is 18.1 Å². The number of para-hydroxylation sites is 1. The number of nitrogens with zero attached hydrogens (tertiary/aromatic N) is 1. The molecule has 0 aromatic heterocycles. The SMILES string of the molecule is CCOc1ccccc1CNC(=NC)NCc1cc(Br)c(OC)c(OC)c1.I. The number of hydrogen-bond donors (Lipinski definition) is 2. The first-order chi connectivity index (χ1) is 13.1. The smallest absolute Gasteiger partial charge is 0.191 e. The van der Waals surface area contributed by atoms with Gasteiger partial charge in [0.25, 0.3) is 0 Å². The maximum atomic E-state index is 5.66. The van der Waals surface area contributed by atoms with Crippen LogP contribution in [0, 0.1) is 0 Å². The Kier molecular flexibility index (Phi) is 11.1. The van der Waals surface area contributed by atoms with Gasteiger partial charge in [-0.15, -0.1) is 24.0 Å². The standard InChI is InChI=1S/C20H26BrN3O3.HI/c1-5-27-17-9-7-6-8-15(17)13-24-20(22-2)23-12-14-10-16(21)19(26-4)18(11-14)25-3;/h6-11H,5,12-13H2,1-4H3,(H2,22,23,24);1H. The normalized spacial score (nSPS) is 10.7. The maximum Gasteiger partial charge on any atom is 0.191 e. The number of rotatable bonds is 8. The lowest BCUT2D eigenvalue weighted by molar-refractivity contribution is 0.336. The molecule has 0 bridgehead atoms. The predicted octanol–water partition coefficient (Wildman–Crippen LogP) is 4.35. The largest absolute Gasteiger partial charge is 0.494 e. The van der Waals surface area contributed by atoms with E-state index in [0.717, 1.165) is 21.3 Å². The molecular weight excluding hydrogens is 537 g/mol. The molecule has 0 aliphatic rings. The summed E-state index contributed by atoms with van der Waals surface area (Å²) in [7, 11) is 4.98. The van der Waals surface area contributed by atoms with E-state index >= 15 is 0 Å². The third-order valence-electron chi connectivity index (χ3n) is 3.90. The van der Waals surface area contributed by atoms with E-state index in [9.17, 15) is 0 Å². The number of ether oxygens (including phenoxy) is 3. The van der Waals surface area contributed by atoms with Crippen molar-refractivity contribution in [1.29, 1.82) is 0 Å². The van der Waals surface area contributed by atoms with Crippen molar-refractivity contribution in [3.8, 4) is 17.2 Å². The molecule has 28 heavy (non-hydrogen) atoms. The molecule has 2 aromatic rings. The Hall–Kier alpha value is -1.68. The molecular formula is C20H27BrIN3O3. The van der Waals surface area contributed by atoms with Crippen LogP contribution in [0.5, 0.6) is 17.2 Å². The van der Waals surface area contributed by atoms with Crippen molar-refractivity contribution in [3.63, 3.8) is 0 Å². The monoisotopic (exact) mass is 563 g/mol. The van der Waals surface area contributed by atoms with E-state index in [1.54, 1.807) is 21.3 Å². The molecule has 0 saturated carbocycles. The van der Waals surface area contributed by atoms with Gasteiger partial charge in [-0.3, -0.25) is 4.99 Å². The van der Waals surface area contributed by atoms with E-state index in [1.165, 1.54) is 0 Å². The lowest BCUT2D eigenvalue weighted by Gasteiger charge is -2.16. The number of methoxy groups -OCH3 is 2. The third-order valence-corrected chi connectivity index (χ3v) is 4.48. The van der Waals surface area contributed by atoms with Gasteiger partial charge in [-0.1, -0.05) is 18.2 Å². The van der Waals surface area contributed by atoms with Crippen molar-refractivity contribution in [2.75, 3.05) is 27.9 Å². The second kappa shape index (κ2) is 12.7. The summed E-state index contributed by atoms with van der Waals surface area (Å²) in [6.45, 7) is 3.82. The summed E-state index contributed by atoms with van der Waals surface area (Å²) in [4.78, 5) is 4.28.